The molecule has 0 saturated heterocycles. The van der Waals surface area contributed by atoms with Gasteiger partial charge >= 0.3 is 0 Å². The van der Waals surface area contributed by atoms with Gasteiger partial charge in [-0.1, -0.05) is 53.7 Å². The highest BCUT2D eigenvalue weighted by molar-refractivity contribution is 8.08. The molecule has 0 unspecified atom stereocenters. The van der Waals surface area contributed by atoms with Crippen LogP contribution in [-0.4, -0.2) is 24.6 Å². The summed E-state index contributed by atoms with van der Waals surface area (Å²) in [6.07, 6.45) is 2.16. The molecule has 42 heavy (non-hydrogen) atoms. The van der Waals surface area contributed by atoms with Crippen LogP contribution < -0.4 is 24.2 Å². The topological polar surface area (TPSA) is 86.3 Å². The molecule has 6 rings (SSSR count). The minimum absolute atomic E-state index is 0.0877. The summed E-state index contributed by atoms with van der Waals surface area (Å²) in [6.45, 7) is 7.53. The Balaban J connectivity index is 0.000000271. The van der Waals surface area contributed by atoms with Gasteiger partial charge in [-0.25, -0.2) is 8.42 Å². The molecule has 1 aliphatic heterocycles. The van der Waals surface area contributed by atoms with Crippen molar-refractivity contribution in [1.82, 2.24) is 4.57 Å². The molecular weight excluding hydrogens is 587 g/mol. The van der Waals surface area contributed by atoms with Gasteiger partial charge in [0, 0.05) is 42.1 Å². The highest BCUT2D eigenvalue weighted by Gasteiger charge is 2.24. The van der Waals surface area contributed by atoms with Crippen molar-refractivity contribution >= 4 is 60.9 Å². The lowest BCUT2D eigenvalue weighted by molar-refractivity contribution is -0.669. The standard InChI is InChI=1S/C25H24N3OS2.C7H8O3S/c1-4-27-18(15-14-17-10-6-7-11-19(17)27)16-22-28(5-2)24(29)23(31-22)25-26(3)20-12-8-9-13-21(20)30-25;1-6-2-4-7(5-3-6)11(8,9)10/h6-16H,4-5H2,1-3H3;2-5H,1H3,(H,8,9,10)/q+1;/p-1/b25-23+;. The second kappa shape index (κ2) is 12.3. The van der Waals surface area contributed by atoms with E-state index in [4.69, 9.17) is 0 Å². The van der Waals surface area contributed by atoms with Crippen LogP contribution in [0.1, 0.15) is 25.1 Å². The van der Waals surface area contributed by atoms with Crippen molar-refractivity contribution in [2.45, 2.75) is 43.7 Å². The number of hydrogen-bond acceptors (Lipinski definition) is 7. The Kier molecular flexibility index (Phi) is 8.70. The molecule has 2 aromatic heterocycles. The monoisotopic (exact) mass is 617 g/mol. The summed E-state index contributed by atoms with van der Waals surface area (Å²) in [5, 5.41) is 2.23. The van der Waals surface area contributed by atoms with Crippen LogP contribution in [0.3, 0.4) is 0 Å². The first-order valence-corrected chi connectivity index (χ1v) is 16.6. The molecule has 3 aromatic carbocycles. The van der Waals surface area contributed by atoms with Gasteiger partial charge in [-0.05, 0) is 57.2 Å². The third kappa shape index (κ3) is 5.94. The molecule has 5 aromatic rings. The maximum atomic E-state index is 13.3. The van der Waals surface area contributed by atoms with E-state index in [-0.39, 0.29) is 10.5 Å². The van der Waals surface area contributed by atoms with Crippen molar-refractivity contribution in [2.75, 3.05) is 11.9 Å². The Hall–Kier alpha value is -3.70. The summed E-state index contributed by atoms with van der Waals surface area (Å²) in [5.41, 5.74) is 4.48. The average molecular weight is 618 g/mol. The quantitative estimate of drug-likeness (QED) is 0.219. The third-order valence-corrected chi connectivity index (χ3v) is 10.4. The van der Waals surface area contributed by atoms with Crippen LogP contribution in [0.2, 0.25) is 0 Å². The van der Waals surface area contributed by atoms with Gasteiger partial charge in [-0.3, -0.25) is 9.36 Å². The highest BCUT2D eigenvalue weighted by Crippen LogP contribution is 2.44. The number of para-hydroxylation sites is 2. The minimum Gasteiger partial charge on any atom is -0.744 e. The molecule has 0 amide bonds. The number of thioether (sulfide) groups is 1. The molecule has 3 heterocycles. The van der Waals surface area contributed by atoms with Gasteiger partial charge in [0.25, 0.3) is 5.56 Å². The van der Waals surface area contributed by atoms with Crippen molar-refractivity contribution < 1.29 is 17.5 Å². The maximum absolute atomic E-state index is 13.3. The fourth-order valence-corrected chi connectivity index (χ4v) is 7.79. The molecule has 1 aliphatic rings. The fourth-order valence-electron chi connectivity index (χ4n) is 4.86. The van der Waals surface area contributed by atoms with E-state index in [0.717, 1.165) is 37.7 Å². The van der Waals surface area contributed by atoms with E-state index < -0.39 is 10.1 Å². The van der Waals surface area contributed by atoms with Gasteiger partial charge < -0.3 is 9.45 Å². The smallest absolute Gasteiger partial charge is 0.271 e. The highest BCUT2D eigenvalue weighted by atomic mass is 32.2. The molecule has 0 aliphatic carbocycles. The number of hydrogen-bond donors (Lipinski definition) is 0. The molecule has 0 radical (unpaired) electrons. The van der Waals surface area contributed by atoms with Crippen LogP contribution in [0, 0.1) is 6.92 Å². The first kappa shape index (κ1) is 29.8. The zero-order valence-electron chi connectivity index (χ0n) is 23.8. The molecule has 0 N–H and O–H groups in total. The Morgan fingerprint density at radius 2 is 1.62 bits per heavy atom. The van der Waals surface area contributed by atoms with Gasteiger partial charge in [0.05, 0.1) is 10.6 Å². The number of aryl methyl sites for hydroxylation is 2. The Morgan fingerprint density at radius 3 is 2.29 bits per heavy atom. The first-order valence-electron chi connectivity index (χ1n) is 13.5. The zero-order valence-corrected chi connectivity index (χ0v) is 26.2. The summed E-state index contributed by atoms with van der Waals surface area (Å²) in [5.74, 6) is 0. The van der Waals surface area contributed by atoms with Gasteiger partial charge in [0.2, 0.25) is 11.2 Å². The predicted octanol–water partition coefficient (Wildman–Crippen LogP) is 4.43. The lowest BCUT2D eigenvalue weighted by atomic mass is 10.2. The third-order valence-electron chi connectivity index (χ3n) is 7.03. The summed E-state index contributed by atoms with van der Waals surface area (Å²) in [6, 6.07) is 26.8. The second-order valence-electron chi connectivity index (χ2n) is 9.73. The Labute approximate surface area is 253 Å². The van der Waals surface area contributed by atoms with Crippen molar-refractivity contribution in [3.05, 3.63) is 116 Å². The van der Waals surface area contributed by atoms with Crippen molar-refractivity contribution in [1.29, 1.82) is 0 Å². The van der Waals surface area contributed by atoms with E-state index in [1.165, 1.54) is 27.9 Å². The van der Waals surface area contributed by atoms with E-state index >= 15 is 0 Å². The minimum atomic E-state index is -4.27. The maximum Gasteiger partial charge on any atom is 0.271 e. The van der Waals surface area contributed by atoms with Crippen LogP contribution in [0.25, 0.3) is 22.0 Å². The number of fused-ring (bicyclic) bond motifs is 2. The SMILES string of the molecule is CCn1c(=O)/c(=C2\Sc3ccccc3N2C)s/c1=C\c1ccc2ccccc2[n+]1CC.Cc1ccc(S(=O)(=O)[O-])cc1. The van der Waals surface area contributed by atoms with Crippen molar-refractivity contribution in [3.63, 3.8) is 0 Å². The fraction of sp³-hybridized carbons (Fsp3) is 0.188. The average Bonchev–Trinajstić information content (AvgIpc) is 3.48. The number of thiazole rings is 1. The van der Waals surface area contributed by atoms with Gasteiger partial charge in [0.1, 0.15) is 30.9 Å². The van der Waals surface area contributed by atoms with E-state index in [0.29, 0.717) is 6.54 Å². The van der Waals surface area contributed by atoms with Crippen LogP contribution in [0.5, 0.6) is 0 Å². The summed E-state index contributed by atoms with van der Waals surface area (Å²) in [7, 11) is -2.23. The Morgan fingerprint density at radius 1 is 0.929 bits per heavy atom. The van der Waals surface area contributed by atoms with Crippen LogP contribution in [-0.2, 0) is 23.2 Å². The van der Waals surface area contributed by atoms with Gasteiger partial charge in [-0.2, -0.15) is 4.57 Å². The van der Waals surface area contributed by atoms with Crippen LogP contribution in [0.15, 0.2) is 99.5 Å². The molecule has 10 heteroatoms. The summed E-state index contributed by atoms with van der Waals surface area (Å²) >= 11 is 3.26. The molecule has 7 nitrogen and oxygen atoms in total. The Bertz CT molecular complexity index is 2070. The number of anilines is 1. The molecule has 0 saturated carbocycles. The largest absolute Gasteiger partial charge is 0.744 e. The molecule has 216 valence electrons. The van der Waals surface area contributed by atoms with E-state index in [1.54, 1.807) is 35.2 Å². The molecule has 0 atom stereocenters. The van der Waals surface area contributed by atoms with Gasteiger partial charge in [-0.15, -0.1) is 11.3 Å². The number of benzene rings is 3. The molecular formula is C32H31N3O4S3. The summed E-state index contributed by atoms with van der Waals surface area (Å²) < 4.78 is 37.1. The van der Waals surface area contributed by atoms with E-state index in [2.05, 4.69) is 71.0 Å². The van der Waals surface area contributed by atoms with E-state index in [9.17, 15) is 17.8 Å². The van der Waals surface area contributed by atoms with Crippen LogP contribution in [0.4, 0.5) is 5.69 Å². The number of aromatic nitrogens is 2. The molecule has 0 spiro atoms. The lowest BCUT2D eigenvalue weighted by Crippen LogP contribution is -2.38. The summed E-state index contributed by atoms with van der Waals surface area (Å²) in [4.78, 5) is 16.5. The van der Waals surface area contributed by atoms with Crippen molar-refractivity contribution in [2.24, 2.45) is 0 Å². The second-order valence-corrected chi connectivity index (χ2v) is 13.2. The zero-order chi connectivity index (χ0) is 30.0. The number of rotatable bonds is 4. The number of pyridine rings is 1. The van der Waals surface area contributed by atoms with Gasteiger partial charge in [0.15, 0.2) is 0 Å². The number of nitrogens with zero attached hydrogens (tertiary/aromatic N) is 3. The van der Waals surface area contributed by atoms with E-state index in [1.807, 2.05) is 37.6 Å². The molecule has 0 bridgehead atoms. The predicted molar refractivity (Wildman–Crippen MR) is 170 cm³/mol. The van der Waals surface area contributed by atoms with Crippen molar-refractivity contribution in [3.8, 4) is 0 Å². The molecule has 0 fully saturated rings. The van der Waals surface area contributed by atoms with Crippen LogP contribution >= 0.6 is 23.1 Å². The first-order chi connectivity index (χ1) is 20.1. The normalized spacial score (nSPS) is 14.6. The lowest BCUT2D eigenvalue weighted by Gasteiger charge is -2.11.